The van der Waals surface area contributed by atoms with E-state index in [0.29, 0.717) is 5.69 Å². The van der Waals surface area contributed by atoms with Crippen LogP contribution in [0.1, 0.15) is 11.1 Å². The Hall–Kier alpha value is -2.47. The normalized spacial score (nSPS) is 11.9. The van der Waals surface area contributed by atoms with Crippen LogP contribution in [0.3, 0.4) is 0 Å². The van der Waals surface area contributed by atoms with Gasteiger partial charge in [0.15, 0.2) is 6.21 Å². The van der Waals surface area contributed by atoms with Gasteiger partial charge in [-0.25, -0.2) is 0 Å². The summed E-state index contributed by atoms with van der Waals surface area (Å²) in [6.45, 7) is 1.99. The standard InChI is InChI=1S/C16H16N4OS/c1-11-4-5-12(16-15(11)17-22-18-16)10-20(21)14-8-6-13(7-9-14)19(2)3/h4-10H,1-3H3/b20-10-. The van der Waals surface area contributed by atoms with E-state index in [1.54, 1.807) is 6.21 Å². The Kier molecular flexibility index (Phi) is 3.77. The van der Waals surface area contributed by atoms with E-state index in [-0.39, 0.29) is 0 Å². The number of rotatable bonds is 3. The van der Waals surface area contributed by atoms with Gasteiger partial charge in [-0.05, 0) is 30.7 Å². The highest BCUT2D eigenvalue weighted by atomic mass is 32.1. The fraction of sp³-hybridized carbons (Fsp3) is 0.188. The first-order valence-corrected chi connectivity index (χ1v) is 7.60. The molecule has 0 aliphatic heterocycles. The molecule has 0 saturated carbocycles. The topological polar surface area (TPSA) is 55.1 Å². The summed E-state index contributed by atoms with van der Waals surface area (Å²) >= 11 is 1.16. The number of hydrogen-bond donors (Lipinski definition) is 0. The highest BCUT2D eigenvalue weighted by molar-refractivity contribution is 7.00. The molecule has 0 atom stereocenters. The highest BCUT2D eigenvalue weighted by Crippen LogP contribution is 2.21. The lowest BCUT2D eigenvalue weighted by Crippen LogP contribution is -2.08. The summed E-state index contributed by atoms with van der Waals surface area (Å²) in [7, 11) is 3.93. The van der Waals surface area contributed by atoms with Crippen molar-refractivity contribution in [1.82, 2.24) is 8.75 Å². The molecular weight excluding hydrogens is 296 g/mol. The van der Waals surface area contributed by atoms with Crippen molar-refractivity contribution in [2.45, 2.75) is 6.92 Å². The molecule has 0 aliphatic carbocycles. The van der Waals surface area contributed by atoms with Crippen molar-refractivity contribution in [2.75, 3.05) is 19.0 Å². The Morgan fingerprint density at radius 1 is 1.05 bits per heavy atom. The van der Waals surface area contributed by atoms with Crippen LogP contribution < -0.4 is 4.90 Å². The molecule has 6 heteroatoms. The lowest BCUT2D eigenvalue weighted by Gasteiger charge is -2.12. The Balaban J connectivity index is 1.99. The van der Waals surface area contributed by atoms with E-state index in [9.17, 15) is 5.21 Å². The first-order valence-electron chi connectivity index (χ1n) is 6.87. The summed E-state index contributed by atoms with van der Waals surface area (Å²) in [5.74, 6) is 0. The van der Waals surface area contributed by atoms with Crippen molar-refractivity contribution in [3.63, 3.8) is 0 Å². The van der Waals surface area contributed by atoms with Crippen LogP contribution in [0.25, 0.3) is 11.0 Å². The third kappa shape index (κ3) is 2.65. The van der Waals surface area contributed by atoms with Gasteiger partial charge in [-0.2, -0.15) is 13.5 Å². The minimum atomic E-state index is 0.586. The van der Waals surface area contributed by atoms with Gasteiger partial charge >= 0.3 is 0 Å². The first kappa shape index (κ1) is 14.5. The van der Waals surface area contributed by atoms with Gasteiger partial charge in [-0.1, -0.05) is 6.07 Å². The average Bonchev–Trinajstić information content (AvgIpc) is 3.01. The van der Waals surface area contributed by atoms with Gasteiger partial charge in [0, 0.05) is 31.9 Å². The Morgan fingerprint density at radius 2 is 1.73 bits per heavy atom. The van der Waals surface area contributed by atoms with Crippen LogP contribution in [0, 0.1) is 12.1 Å². The number of hydrogen-bond acceptors (Lipinski definition) is 5. The lowest BCUT2D eigenvalue weighted by atomic mass is 10.1. The third-order valence-electron chi connectivity index (χ3n) is 3.53. The van der Waals surface area contributed by atoms with E-state index in [4.69, 9.17) is 0 Å². The molecule has 0 amide bonds. The fourth-order valence-corrected chi connectivity index (χ4v) is 2.84. The minimum absolute atomic E-state index is 0.586. The molecule has 0 fully saturated rings. The summed E-state index contributed by atoms with van der Waals surface area (Å²) < 4.78 is 9.43. The van der Waals surface area contributed by atoms with E-state index >= 15 is 0 Å². The van der Waals surface area contributed by atoms with Gasteiger partial charge in [0.05, 0.1) is 17.3 Å². The van der Waals surface area contributed by atoms with Gasteiger partial charge in [0.25, 0.3) is 0 Å². The zero-order chi connectivity index (χ0) is 15.7. The zero-order valence-electron chi connectivity index (χ0n) is 12.6. The largest absolute Gasteiger partial charge is 0.618 e. The van der Waals surface area contributed by atoms with Crippen molar-refractivity contribution >= 4 is 40.4 Å². The summed E-state index contributed by atoms with van der Waals surface area (Å²) in [6.07, 6.45) is 1.55. The SMILES string of the molecule is Cc1ccc(/C=[N+](\[O-])c2ccc(N(C)C)cc2)c2nsnc12. The number of aromatic nitrogens is 2. The van der Waals surface area contributed by atoms with Crippen LogP contribution >= 0.6 is 11.7 Å². The molecule has 0 aliphatic rings. The molecule has 3 aromatic rings. The Morgan fingerprint density at radius 3 is 2.41 bits per heavy atom. The molecule has 0 saturated heterocycles. The molecular formula is C16H16N4OS. The number of fused-ring (bicyclic) bond motifs is 1. The summed E-state index contributed by atoms with van der Waals surface area (Å²) in [5.41, 5.74) is 5.11. The van der Waals surface area contributed by atoms with Crippen LogP contribution in [0.15, 0.2) is 36.4 Å². The second-order valence-electron chi connectivity index (χ2n) is 5.30. The number of nitrogens with zero attached hydrogens (tertiary/aromatic N) is 4. The maximum atomic E-state index is 12.3. The third-order valence-corrected chi connectivity index (χ3v) is 4.05. The van der Waals surface area contributed by atoms with Crippen molar-refractivity contribution in [2.24, 2.45) is 0 Å². The molecule has 0 spiro atoms. The highest BCUT2D eigenvalue weighted by Gasteiger charge is 2.10. The fourth-order valence-electron chi connectivity index (χ4n) is 2.21. The average molecular weight is 312 g/mol. The van der Waals surface area contributed by atoms with E-state index in [1.165, 1.54) is 0 Å². The molecule has 0 N–H and O–H groups in total. The van der Waals surface area contributed by atoms with Crippen molar-refractivity contribution in [1.29, 1.82) is 0 Å². The van der Waals surface area contributed by atoms with Gasteiger partial charge in [-0.15, -0.1) is 0 Å². The van der Waals surface area contributed by atoms with E-state index in [2.05, 4.69) is 8.75 Å². The second-order valence-corrected chi connectivity index (χ2v) is 5.83. The molecule has 0 radical (unpaired) electrons. The van der Waals surface area contributed by atoms with Gasteiger partial charge in [0.2, 0.25) is 5.69 Å². The molecule has 0 unspecified atom stereocenters. The summed E-state index contributed by atoms with van der Waals surface area (Å²) in [5, 5.41) is 12.3. The molecule has 3 rings (SSSR count). The number of aryl methyl sites for hydroxylation is 1. The van der Waals surface area contributed by atoms with Gasteiger partial charge in [-0.3, -0.25) is 0 Å². The smallest absolute Gasteiger partial charge is 0.216 e. The lowest BCUT2D eigenvalue weighted by molar-refractivity contribution is -0.354. The summed E-state index contributed by atoms with van der Waals surface area (Å²) in [4.78, 5) is 1.99. The molecule has 2 aromatic carbocycles. The Bertz CT molecular complexity index is 837. The maximum Gasteiger partial charge on any atom is 0.216 e. The zero-order valence-corrected chi connectivity index (χ0v) is 13.5. The van der Waals surface area contributed by atoms with Crippen molar-refractivity contribution in [3.8, 4) is 0 Å². The molecule has 1 heterocycles. The van der Waals surface area contributed by atoms with E-state index in [0.717, 1.165) is 44.3 Å². The molecule has 0 bridgehead atoms. The molecule has 1 aromatic heterocycles. The molecule has 22 heavy (non-hydrogen) atoms. The van der Waals surface area contributed by atoms with Crippen molar-refractivity contribution in [3.05, 3.63) is 52.7 Å². The maximum absolute atomic E-state index is 12.3. The Labute approximate surface area is 133 Å². The monoisotopic (exact) mass is 312 g/mol. The van der Waals surface area contributed by atoms with Crippen LogP contribution in [0.5, 0.6) is 0 Å². The minimum Gasteiger partial charge on any atom is -0.618 e. The van der Waals surface area contributed by atoms with Crippen LogP contribution in [0.2, 0.25) is 0 Å². The van der Waals surface area contributed by atoms with Crippen molar-refractivity contribution < 1.29 is 4.74 Å². The predicted octanol–water partition coefficient (Wildman–Crippen LogP) is 3.33. The number of anilines is 1. The van der Waals surface area contributed by atoms with Crippen LogP contribution in [-0.2, 0) is 0 Å². The molecule has 112 valence electrons. The first-order chi connectivity index (χ1) is 10.6. The predicted molar refractivity (Wildman–Crippen MR) is 91.4 cm³/mol. The molecule has 5 nitrogen and oxygen atoms in total. The second kappa shape index (κ2) is 5.73. The van der Waals surface area contributed by atoms with Crippen LogP contribution in [-0.4, -0.2) is 33.8 Å². The number of benzene rings is 2. The van der Waals surface area contributed by atoms with E-state index < -0.39 is 0 Å². The summed E-state index contributed by atoms with van der Waals surface area (Å²) in [6, 6.07) is 11.3. The van der Waals surface area contributed by atoms with Gasteiger partial charge in [0.1, 0.15) is 11.0 Å². The quantitative estimate of drug-likeness (QED) is 0.322. The van der Waals surface area contributed by atoms with E-state index in [1.807, 2.05) is 62.3 Å². The van der Waals surface area contributed by atoms with Crippen LogP contribution in [0.4, 0.5) is 11.4 Å². The van der Waals surface area contributed by atoms with Gasteiger partial charge < -0.3 is 10.1 Å².